The van der Waals surface area contributed by atoms with Crippen molar-refractivity contribution in [2.75, 3.05) is 43.5 Å². The maximum Gasteiger partial charge on any atom is 0.271 e. The third-order valence-corrected chi connectivity index (χ3v) is 7.41. The molecule has 2 fully saturated rings. The zero-order valence-corrected chi connectivity index (χ0v) is 22.2. The summed E-state index contributed by atoms with van der Waals surface area (Å²) in [4.78, 5) is 36.1. The molecule has 5 N–H and O–H groups in total. The second-order valence-electron chi connectivity index (χ2n) is 10.0. The van der Waals surface area contributed by atoms with Crippen LogP contribution in [0.3, 0.4) is 0 Å². The molecular formula is C29H35N7O3. The van der Waals surface area contributed by atoms with Crippen LogP contribution in [0.1, 0.15) is 58.0 Å². The molecule has 10 heteroatoms. The standard InChI is InChI=1S/C29H35N7O3/c1-39-24-10-6-21(7-11-24)29(38)34-23-3-2-16-36(18-23)25-17-32-26(27(30)37)28(35-25)33-22-8-4-19(5-9-22)20-12-14-31-15-13-20/h4-11,17,20,23,31H,2-3,12-16,18H2,1H3,(H2,30,37)(H,33,35)(H,34,38). The first-order valence-corrected chi connectivity index (χ1v) is 13.4. The van der Waals surface area contributed by atoms with Gasteiger partial charge in [0.2, 0.25) is 0 Å². The van der Waals surface area contributed by atoms with Crippen LogP contribution in [-0.4, -0.2) is 61.1 Å². The van der Waals surface area contributed by atoms with Crippen molar-refractivity contribution < 1.29 is 14.3 Å². The highest BCUT2D eigenvalue weighted by molar-refractivity contribution is 5.96. The minimum Gasteiger partial charge on any atom is -0.497 e. The number of nitrogens with zero attached hydrogens (tertiary/aromatic N) is 3. The van der Waals surface area contributed by atoms with Crippen molar-refractivity contribution in [3.63, 3.8) is 0 Å². The summed E-state index contributed by atoms with van der Waals surface area (Å²) in [5.74, 6) is 1.43. The van der Waals surface area contributed by atoms with E-state index in [4.69, 9.17) is 15.5 Å². The van der Waals surface area contributed by atoms with Crippen molar-refractivity contribution in [1.29, 1.82) is 0 Å². The second-order valence-corrected chi connectivity index (χ2v) is 10.0. The van der Waals surface area contributed by atoms with Gasteiger partial charge >= 0.3 is 0 Å². The summed E-state index contributed by atoms with van der Waals surface area (Å²) in [6.07, 6.45) is 5.57. The largest absolute Gasteiger partial charge is 0.497 e. The Balaban J connectivity index is 1.28. The number of aromatic nitrogens is 2. The third kappa shape index (κ3) is 6.46. The molecule has 2 aliphatic heterocycles. The van der Waals surface area contributed by atoms with Crippen LogP contribution in [0.25, 0.3) is 0 Å². The first kappa shape index (κ1) is 26.4. The predicted octanol–water partition coefficient (Wildman–Crippen LogP) is 3.19. The number of anilines is 3. The Hall–Kier alpha value is -4.18. The normalized spacial score (nSPS) is 17.9. The number of primary amides is 1. The van der Waals surface area contributed by atoms with Gasteiger partial charge in [0.05, 0.1) is 13.3 Å². The van der Waals surface area contributed by atoms with Crippen LogP contribution in [0.4, 0.5) is 17.3 Å². The maximum atomic E-state index is 12.8. The van der Waals surface area contributed by atoms with Crippen molar-refractivity contribution in [3.8, 4) is 5.75 Å². The van der Waals surface area contributed by atoms with Gasteiger partial charge in [0, 0.05) is 30.4 Å². The molecule has 3 aromatic rings. The highest BCUT2D eigenvalue weighted by Gasteiger charge is 2.25. The molecule has 2 saturated heterocycles. The Morgan fingerprint density at radius 2 is 1.79 bits per heavy atom. The van der Waals surface area contributed by atoms with Gasteiger partial charge in [0.15, 0.2) is 11.5 Å². The minimum absolute atomic E-state index is 0.0510. The van der Waals surface area contributed by atoms with E-state index in [1.807, 2.05) is 12.1 Å². The Morgan fingerprint density at radius 3 is 2.49 bits per heavy atom. The lowest BCUT2D eigenvalue weighted by atomic mass is 9.90. The Labute approximate surface area is 228 Å². The number of hydrogen-bond acceptors (Lipinski definition) is 8. The van der Waals surface area contributed by atoms with Crippen molar-refractivity contribution >= 4 is 29.1 Å². The van der Waals surface area contributed by atoms with Gasteiger partial charge < -0.3 is 31.3 Å². The van der Waals surface area contributed by atoms with E-state index >= 15 is 0 Å². The van der Waals surface area contributed by atoms with Gasteiger partial charge in [-0.25, -0.2) is 9.97 Å². The molecule has 2 aliphatic rings. The van der Waals surface area contributed by atoms with E-state index < -0.39 is 5.91 Å². The second kappa shape index (κ2) is 12.1. The van der Waals surface area contributed by atoms with Gasteiger partial charge in [0.1, 0.15) is 11.6 Å². The number of ether oxygens (including phenoxy) is 1. The average molecular weight is 530 g/mol. The summed E-state index contributed by atoms with van der Waals surface area (Å²) in [5.41, 5.74) is 8.40. The summed E-state index contributed by atoms with van der Waals surface area (Å²) >= 11 is 0. The number of carbonyl (C=O) groups is 2. The Morgan fingerprint density at radius 1 is 1.05 bits per heavy atom. The third-order valence-electron chi connectivity index (χ3n) is 7.41. The molecule has 3 heterocycles. The lowest BCUT2D eigenvalue weighted by Gasteiger charge is -2.34. The number of methoxy groups -OCH3 is 1. The smallest absolute Gasteiger partial charge is 0.271 e. The van der Waals surface area contributed by atoms with E-state index in [9.17, 15) is 9.59 Å². The van der Waals surface area contributed by atoms with Crippen molar-refractivity contribution in [3.05, 3.63) is 71.5 Å². The van der Waals surface area contributed by atoms with Crippen molar-refractivity contribution in [2.45, 2.75) is 37.6 Å². The van der Waals surface area contributed by atoms with Crippen LogP contribution in [-0.2, 0) is 0 Å². The SMILES string of the molecule is COc1ccc(C(=O)NC2CCCN(c3cnc(C(N)=O)c(Nc4ccc(C5CCNCC5)cc4)n3)C2)cc1. The van der Waals surface area contributed by atoms with Crippen LogP contribution in [0, 0.1) is 0 Å². The molecule has 1 aromatic heterocycles. The monoisotopic (exact) mass is 529 g/mol. The number of nitrogens with one attached hydrogen (secondary N) is 3. The van der Waals surface area contributed by atoms with Gasteiger partial charge in [-0.1, -0.05) is 12.1 Å². The fourth-order valence-electron chi connectivity index (χ4n) is 5.24. The first-order chi connectivity index (χ1) is 19.0. The van der Waals surface area contributed by atoms with E-state index in [1.165, 1.54) is 5.56 Å². The molecule has 1 unspecified atom stereocenters. The average Bonchev–Trinajstić information content (AvgIpc) is 2.98. The molecule has 204 valence electrons. The fraction of sp³-hybridized carbons (Fsp3) is 0.379. The summed E-state index contributed by atoms with van der Waals surface area (Å²) in [6, 6.07) is 15.2. The van der Waals surface area contributed by atoms with Crippen LogP contribution in [0.5, 0.6) is 5.75 Å². The number of piperidine rings is 2. The van der Waals surface area contributed by atoms with Gasteiger partial charge in [-0.15, -0.1) is 0 Å². The van der Waals surface area contributed by atoms with Crippen LogP contribution >= 0.6 is 0 Å². The summed E-state index contributed by atoms with van der Waals surface area (Å²) in [5, 5.41) is 9.77. The molecule has 0 aliphatic carbocycles. The van der Waals surface area contributed by atoms with Crippen LogP contribution in [0.15, 0.2) is 54.7 Å². The molecule has 2 amide bonds. The molecule has 0 saturated carbocycles. The van der Waals surface area contributed by atoms with Crippen LogP contribution in [0.2, 0.25) is 0 Å². The number of hydrogen-bond donors (Lipinski definition) is 4. The van der Waals surface area contributed by atoms with E-state index in [0.717, 1.165) is 51.0 Å². The fourth-order valence-corrected chi connectivity index (χ4v) is 5.24. The van der Waals surface area contributed by atoms with Crippen molar-refractivity contribution in [1.82, 2.24) is 20.6 Å². The van der Waals surface area contributed by atoms with E-state index in [1.54, 1.807) is 37.6 Å². The number of carbonyl (C=O) groups excluding carboxylic acids is 2. The van der Waals surface area contributed by atoms with Gasteiger partial charge in [-0.3, -0.25) is 9.59 Å². The predicted molar refractivity (Wildman–Crippen MR) is 151 cm³/mol. The molecule has 0 spiro atoms. The Kier molecular flexibility index (Phi) is 8.21. The summed E-state index contributed by atoms with van der Waals surface area (Å²) in [7, 11) is 1.59. The molecule has 0 radical (unpaired) electrons. The topological polar surface area (TPSA) is 134 Å². The number of rotatable bonds is 8. The highest BCUT2D eigenvalue weighted by Crippen LogP contribution is 2.28. The zero-order valence-electron chi connectivity index (χ0n) is 22.2. The number of benzene rings is 2. The molecule has 10 nitrogen and oxygen atoms in total. The number of amides is 2. The van der Waals surface area contributed by atoms with E-state index in [2.05, 4.69) is 38.0 Å². The van der Waals surface area contributed by atoms with Gasteiger partial charge in [-0.2, -0.15) is 0 Å². The van der Waals surface area contributed by atoms with E-state index in [-0.39, 0.29) is 17.6 Å². The molecule has 39 heavy (non-hydrogen) atoms. The maximum absolute atomic E-state index is 12.8. The molecular weight excluding hydrogens is 494 g/mol. The van der Waals surface area contributed by atoms with Gasteiger partial charge in [0.25, 0.3) is 11.8 Å². The molecule has 2 aromatic carbocycles. The van der Waals surface area contributed by atoms with E-state index in [0.29, 0.717) is 35.4 Å². The van der Waals surface area contributed by atoms with Crippen molar-refractivity contribution in [2.24, 2.45) is 5.73 Å². The molecule has 1 atom stereocenters. The zero-order chi connectivity index (χ0) is 27.2. The summed E-state index contributed by atoms with van der Waals surface area (Å²) in [6.45, 7) is 3.43. The number of nitrogens with two attached hydrogens (primary N) is 1. The first-order valence-electron chi connectivity index (χ1n) is 13.4. The lowest BCUT2D eigenvalue weighted by Crippen LogP contribution is -2.48. The Bertz CT molecular complexity index is 1290. The van der Waals surface area contributed by atoms with Crippen LogP contribution < -0.4 is 31.3 Å². The highest BCUT2D eigenvalue weighted by atomic mass is 16.5. The molecule has 0 bridgehead atoms. The quantitative estimate of drug-likeness (QED) is 0.350. The van der Waals surface area contributed by atoms with Gasteiger partial charge in [-0.05, 0) is 86.7 Å². The minimum atomic E-state index is -0.647. The lowest BCUT2D eigenvalue weighted by molar-refractivity contribution is 0.0931. The summed E-state index contributed by atoms with van der Waals surface area (Å²) < 4.78 is 5.18. The molecule has 5 rings (SSSR count).